The Labute approximate surface area is 136 Å². The van der Waals surface area contributed by atoms with Crippen LogP contribution in [0.25, 0.3) is 0 Å². The van der Waals surface area contributed by atoms with E-state index in [4.69, 9.17) is 27.9 Å². The van der Waals surface area contributed by atoms with Gasteiger partial charge in [0.05, 0.1) is 14.1 Å². The zero-order valence-corrected chi connectivity index (χ0v) is 13.9. The van der Waals surface area contributed by atoms with Gasteiger partial charge in [0.1, 0.15) is 25.4 Å². The normalized spacial score (nSPS) is 11.4. The minimum absolute atomic E-state index is 0.647. The Hall–Kier alpha value is -1.22. The van der Waals surface area contributed by atoms with Gasteiger partial charge in [-0.1, -0.05) is 41.4 Å². The van der Waals surface area contributed by atoms with Gasteiger partial charge in [0.2, 0.25) is 0 Å². The lowest BCUT2D eigenvalue weighted by Gasteiger charge is -2.29. The summed E-state index contributed by atoms with van der Waals surface area (Å²) in [6.07, 6.45) is 0. The van der Waals surface area contributed by atoms with Crippen molar-refractivity contribution in [2.75, 3.05) is 27.2 Å². The van der Waals surface area contributed by atoms with E-state index in [0.717, 1.165) is 28.3 Å². The first-order valence-electron chi connectivity index (χ1n) is 6.89. The molecule has 0 fully saturated rings. The van der Waals surface area contributed by atoms with Crippen LogP contribution < -0.4 is 4.74 Å². The third-order valence-corrected chi connectivity index (χ3v) is 3.73. The Bertz CT molecular complexity index is 599. The molecular weight excluding hydrogens is 305 g/mol. The quantitative estimate of drug-likeness (QED) is 0.703. The molecule has 0 aliphatic carbocycles. The highest BCUT2D eigenvalue weighted by molar-refractivity contribution is 6.30. The van der Waals surface area contributed by atoms with Crippen LogP contribution in [0.2, 0.25) is 10.0 Å². The Morgan fingerprint density at radius 2 is 1.62 bits per heavy atom. The molecular formula is C17H20Cl2NO+. The van der Waals surface area contributed by atoms with Gasteiger partial charge in [-0.2, -0.15) is 0 Å². The van der Waals surface area contributed by atoms with Crippen LogP contribution in [0.3, 0.4) is 0 Å². The third-order valence-electron chi connectivity index (χ3n) is 3.26. The number of benzene rings is 2. The maximum Gasteiger partial charge on any atom is 0.137 e. The van der Waals surface area contributed by atoms with E-state index < -0.39 is 0 Å². The van der Waals surface area contributed by atoms with E-state index in [9.17, 15) is 0 Å². The van der Waals surface area contributed by atoms with E-state index in [-0.39, 0.29) is 0 Å². The summed E-state index contributed by atoms with van der Waals surface area (Å²) in [6, 6.07) is 15.5. The largest absolute Gasteiger partial charge is 0.488 e. The molecule has 112 valence electrons. The molecule has 0 bridgehead atoms. The second-order valence-electron chi connectivity index (χ2n) is 5.75. The van der Waals surface area contributed by atoms with Gasteiger partial charge >= 0.3 is 0 Å². The molecule has 2 nitrogen and oxygen atoms in total. The van der Waals surface area contributed by atoms with Crippen LogP contribution in [-0.2, 0) is 6.54 Å². The lowest BCUT2D eigenvalue weighted by Crippen LogP contribution is -2.41. The molecule has 0 atom stereocenters. The summed E-state index contributed by atoms with van der Waals surface area (Å²) in [4.78, 5) is 0. The lowest BCUT2D eigenvalue weighted by atomic mass is 10.2. The van der Waals surface area contributed by atoms with Gasteiger partial charge in [-0.3, -0.25) is 0 Å². The highest BCUT2D eigenvalue weighted by Gasteiger charge is 2.16. The molecule has 2 aromatic rings. The summed E-state index contributed by atoms with van der Waals surface area (Å²) >= 11 is 12.0. The van der Waals surface area contributed by atoms with Gasteiger partial charge in [0, 0.05) is 15.6 Å². The number of hydrogen-bond acceptors (Lipinski definition) is 1. The Morgan fingerprint density at radius 3 is 2.29 bits per heavy atom. The molecule has 0 N–H and O–H groups in total. The van der Waals surface area contributed by atoms with Crippen molar-refractivity contribution in [2.24, 2.45) is 0 Å². The van der Waals surface area contributed by atoms with E-state index in [2.05, 4.69) is 20.2 Å². The van der Waals surface area contributed by atoms with Crippen molar-refractivity contribution in [2.45, 2.75) is 6.54 Å². The van der Waals surface area contributed by atoms with Crippen LogP contribution in [-0.4, -0.2) is 31.7 Å². The molecule has 0 spiro atoms. The summed E-state index contributed by atoms with van der Waals surface area (Å²) < 4.78 is 6.59. The first-order chi connectivity index (χ1) is 9.94. The van der Waals surface area contributed by atoms with E-state index in [1.807, 2.05) is 42.5 Å². The maximum absolute atomic E-state index is 6.03. The molecule has 0 heterocycles. The maximum atomic E-state index is 6.03. The number of likely N-dealkylation sites (N-methyl/N-ethyl adjacent to an activating group) is 1. The topological polar surface area (TPSA) is 9.23 Å². The summed E-state index contributed by atoms with van der Waals surface area (Å²) in [6.45, 7) is 2.46. The summed E-state index contributed by atoms with van der Waals surface area (Å²) in [5.74, 6) is 0.810. The average Bonchev–Trinajstić information content (AvgIpc) is 2.38. The molecule has 0 amide bonds. The summed E-state index contributed by atoms with van der Waals surface area (Å²) in [5, 5.41) is 1.47. The van der Waals surface area contributed by atoms with Crippen molar-refractivity contribution < 1.29 is 9.22 Å². The molecule has 21 heavy (non-hydrogen) atoms. The number of halogens is 2. The number of hydrogen-bond donors (Lipinski definition) is 0. The van der Waals surface area contributed by atoms with Crippen LogP contribution in [0.1, 0.15) is 5.56 Å². The van der Waals surface area contributed by atoms with Gasteiger partial charge in [-0.15, -0.1) is 0 Å². The first kappa shape index (κ1) is 16.2. The molecule has 0 aromatic heterocycles. The van der Waals surface area contributed by atoms with E-state index in [1.54, 1.807) is 0 Å². The second kappa shape index (κ2) is 7.17. The molecule has 0 aliphatic rings. The third kappa shape index (κ3) is 5.58. The number of quaternary nitrogens is 1. The SMILES string of the molecule is C[N+](C)(CCOc1cccc(Cl)c1)Cc1cccc(Cl)c1. The summed E-state index contributed by atoms with van der Waals surface area (Å²) in [7, 11) is 4.37. The molecule has 0 aliphatic heterocycles. The van der Waals surface area contributed by atoms with E-state index in [0.29, 0.717) is 11.6 Å². The van der Waals surface area contributed by atoms with Crippen LogP contribution in [0, 0.1) is 0 Å². The van der Waals surface area contributed by atoms with Gasteiger partial charge in [0.25, 0.3) is 0 Å². The standard InChI is InChI=1S/C17H20Cl2NO/c1-20(2,13-14-5-3-6-15(18)11-14)9-10-21-17-8-4-7-16(19)12-17/h3-8,11-12H,9-10,13H2,1-2H3/q+1. The molecule has 4 heteroatoms. The van der Waals surface area contributed by atoms with Crippen LogP contribution in [0.5, 0.6) is 5.75 Å². The van der Waals surface area contributed by atoms with Crippen molar-refractivity contribution >= 4 is 23.2 Å². The number of nitrogens with zero attached hydrogens (tertiary/aromatic N) is 1. The minimum Gasteiger partial charge on any atom is -0.488 e. The van der Waals surface area contributed by atoms with E-state index in [1.165, 1.54) is 5.56 Å². The van der Waals surface area contributed by atoms with Gasteiger partial charge in [0.15, 0.2) is 0 Å². The highest BCUT2D eigenvalue weighted by atomic mass is 35.5. The second-order valence-corrected chi connectivity index (χ2v) is 6.63. The van der Waals surface area contributed by atoms with Crippen LogP contribution >= 0.6 is 23.2 Å². The molecule has 0 saturated heterocycles. The fraction of sp³-hybridized carbons (Fsp3) is 0.294. The molecule has 2 rings (SSSR count). The van der Waals surface area contributed by atoms with Crippen molar-refractivity contribution in [1.29, 1.82) is 0 Å². The number of rotatable bonds is 6. The van der Waals surface area contributed by atoms with Crippen molar-refractivity contribution in [3.63, 3.8) is 0 Å². The minimum atomic E-state index is 0.647. The van der Waals surface area contributed by atoms with Crippen molar-refractivity contribution in [3.8, 4) is 5.75 Å². The lowest BCUT2D eigenvalue weighted by molar-refractivity contribution is -0.903. The molecule has 0 unspecified atom stereocenters. The Kier molecular flexibility index (Phi) is 5.51. The van der Waals surface area contributed by atoms with Crippen molar-refractivity contribution in [3.05, 3.63) is 64.1 Å². The molecule has 0 radical (unpaired) electrons. The van der Waals surface area contributed by atoms with Gasteiger partial charge in [-0.05, 0) is 30.3 Å². The van der Waals surface area contributed by atoms with Crippen molar-refractivity contribution in [1.82, 2.24) is 0 Å². The fourth-order valence-corrected chi connectivity index (χ4v) is 2.57. The first-order valence-corrected chi connectivity index (χ1v) is 7.65. The molecule has 2 aromatic carbocycles. The predicted octanol–water partition coefficient (Wildman–Crippen LogP) is 4.65. The Morgan fingerprint density at radius 1 is 0.952 bits per heavy atom. The fourth-order valence-electron chi connectivity index (χ4n) is 2.18. The highest BCUT2D eigenvalue weighted by Crippen LogP contribution is 2.18. The zero-order chi connectivity index (χ0) is 15.3. The van der Waals surface area contributed by atoms with E-state index >= 15 is 0 Å². The number of ether oxygens (including phenoxy) is 1. The zero-order valence-electron chi connectivity index (χ0n) is 12.4. The summed E-state index contributed by atoms with van der Waals surface area (Å²) in [5.41, 5.74) is 1.23. The van der Waals surface area contributed by atoms with Crippen LogP contribution in [0.4, 0.5) is 0 Å². The van der Waals surface area contributed by atoms with Gasteiger partial charge < -0.3 is 9.22 Å². The van der Waals surface area contributed by atoms with Crippen LogP contribution in [0.15, 0.2) is 48.5 Å². The molecule has 0 saturated carbocycles. The Balaban J connectivity index is 1.86. The predicted molar refractivity (Wildman–Crippen MR) is 89.1 cm³/mol. The monoisotopic (exact) mass is 324 g/mol. The smallest absolute Gasteiger partial charge is 0.137 e. The average molecular weight is 325 g/mol. The van der Waals surface area contributed by atoms with Gasteiger partial charge in [-0.25, -0.2) is 0 Å².